The predicted octanol–water partition coefficient (Wildman–Crippen LogP) is 5.02. The number of carbonyl (C=O) groups is 2. The van der Waals surface area contributed by atoms with Crippen molar-refractivity contribution in [3.05, 3.63) is 94.3 Å². The maximum Gasteiger partial charge on any atom is 0.343 e. The number of esters is 1. The molecule has 0 bridgehead atoms. The second-order valence-corrected chi connectivity index (χ2v) is 9.05. The van der Waals surface area contributed by atoms with Crippen molar-refractivity contribution in [3.63, 3.8) is 0 Å². The van der Waals surface area contributed by atoms with E-state index in [0.717, 1.165) is 5.56 Å². The number of pyridine rings is 1. The lowest BCUT2D eigenvalue weighted by molar-refractivity contribution is -0.114. The van der Waals surface area contributed by atoms with E-state index < -0.39 is 11.9 Å². The monoisotopic (exact) mass is 531 g/mol. The number of aromatic nitrogens is 1. The van der Waals surface area contributed by atoms with Gasteiger partial charge in [-0.2, -0.15) is 15.1 Å². The van der Waals surface area contributed by atoms with Crippen molar-refractivity contribution >= 4 is 57.4 Å². The number of aliphatic imine (C=N–C) groups is 1. The van der Waals surface area contributed by atoms with Gasteiger partial charge in [0, 0.05) is 18.0 Å². The van der Waals surface area contributed by atoms with Crippen LogP contribution in [0.3, 0.4) is 0 Å². The number of amides is 1. The maximum atomic E-state index is 12.8. The highest BCUT2D eigenvalue weighted by Gasteiger charge is 2.36. The van der Waals surface area contributed by atoms with Crippen molar-refractivity contribution in [1.29, 1.82) is 5.41 Å². The van der Waals surface area contributed by atoms with Crippen LogP contribution in [-0.2, 0) is 4.79 Å². The van der Waals surface area contributed by atoms with Crippen molar-refractivity contribution in [2.75, 3.05) is 6.61 Å². The molecule has 11 heteroatoms. The molecule has 2 aliphatic rings. The van der Waals surface area contributed by atoms with E-state index in [1.165, 1.54) is 28.9 Å². The van der Waals surface area contributed by atoms with Gasteiger partial charge in [0.25, 0.3) is 5.91 Å². The number of hydrogen-bond acceptors (Lipinski definition) is 8. The summed E-state index contributed by atoms with van der Waals surface area (Å²) in [6.45, 7) is 2.06. The second kappa shape index (κ2) is 10.4. The van der Waals surface area contributed by atoms with Crippen molar-refractivity contribution < 1.29 is 19.1 Å². The Morgan fingerprint density at radius 3 is 2.73 bits per heavy atom. The van der Waals surface area contributed by atoms with Crippen LogP contribution in [0.2, 0.25) is 5.02 Å². The Morgan fingerprint density at radius 2 is 2.00 bits per heavy atom. The van der Waals surface area contributed by atoms with E-state index in [4.69, 9.17) is 26.5 Å². The lowest BCUT2D eigenvalue weighted by Crippen LogP contribution is -2.35. The summed E-state index contributed by atoms with van der Waals surface area (Å²) in [5.74, 6) is -1.02. The Morgan fingerprint density at radius 1 is 1.19 bits per heavy atom. The normalized spacial score (nSPS) is 15.8. The number of hydrogen-bond donors (Lipinski definition) is 1. The van der Waals surface area contributed by atoms with Crippen LogP contribution >= 0.6 is 23.4 Å². The lowest BCUT2D eigenvalue weighted by atomic mass is 10.1. The number of ether oxygens (including phenoxy) is 2. The zero-order valence-electron chi connectivity index (χ0n) is 19.3. The van der Waals surface area contributed by atoms with Gasteiger partial charge >= 0.3 is 5.97 Å². The average Bonchev–Trinajstić information content (AvgIpc) is 3.34. The van der Waals surface area contributed by atoms with Gasteiger partial charge in [-0.15, -0.1) is 0 Å². The number of fused-ring (bicyclic) bond motifs is 1. The molecule has 1 N–H and O–H groups in total. The second-order valence-electron chi connectivity index (χ2n) is 7.69. The summed E-state index contributed by atoms with van der Waals surface area (Å²) in [6, 6.07) is 15.2. The molecule has 0 fully saturated rings. The molecule has 2 aromatic carbocycles. The Balaban J connectivity index is 1.46. The summed E-state index contributed by atoms with van der Waals surface area (Å²) < 4.78 is 11.2. The summed E-state index contributed by atoms with van der Waals surface area (Å²) in [4.78, 5) is 33.6. The summed E-state index contributed by atoms with van der Waals surface area (Å²) >= 11 is 7.66. The molecule has 184 valence electrons. The van der Waals surface area contributed by atoms with E-state index in [0.29, 0.717) is 21.3 Å². The molecule has 1 amide bonds. The van der Waals surface area contributed by atoms with Crippen molar-refractivity contribution in [1.82, 2.24) is 9.99 Å². The molecule has 5 rings (SSSR count). The van der Waals surface area contributed by atoms with Gasteiger partial charge in [0.2, 0.25) is 5.17 Å². The van der Waals surface area contributed by atoms with E-state index in [9.17, 15) is 9.59 Å². The fourth-order valence-corrected chi connectivity index (χ4v) is 4.66. The van der Waals surface area contributed by atoms with Crippen molar-refractivity contribution in [2.24, 2.45) is 10.1 Å². The first-order valence-electron chi connectivity index (χ1n) is 11.1. The highest BCUT2D eigenvalue weighted by Crippen LogP contribution is 2.38. The van der Waals surface area contributed by atoms with Crippen LogP contribution in [0.1, 0.15) is 28.4 Å². The SMILES string of the molecule is CCOc1cc(/C=C2/C(=N)N3N=C(c4cccnc4)SC3=NC2=O)cc(Cl)c1OC(=O)c1ccccc1. The molecule has 3 aromatic rings. The minimum Gasteiger partial charge on any atom is -0.490 e. The largest absolute Gasteiger partial charge is 0.490 e. The minimum atomic E-state index is -0.588. The van der Waals surface area contributed by atoms with E-state index >= 15 is 0 Å². The molecule has 0 unspecified atom stereocenters. The van der Waals surface area contributed by atoms with Crippen LogP contribution in [0.15, 0.2) is 82.7 Å². The number of thioether (sulfide) groups is 1. The van der Waals surface area contributed by atoms with E-state index in [1.54, 1.807) is 61.8 Å². The minimum absolute atomic E-state index is 0.0214. The third kappa shape index (κ3) is 5.02. The molecule has 9 nitrogen and oxygen atoms in total. The fraction of sp³-hybridized carbons (Fsp3) is 0.0769. The molecule has 0 aliphatic carbocycles. The van der Waals surface area contributed by atoms with Gasteiger partial charge in [0.15, 0.2) is 17.3 Å². The number of halogens is 1. The Labute approximate surface area is 221 Å². The molecular weight excluding hydrogens is 514 g/mol. The van der Waals surface area contributed by atoms with Crippen LogP contribution in [0.25, 0.3) is 6.08 Å². The Kier molecular flexibility index (Phi) is 6.85. The number of nitrogens with zero attached hydrogens (tertiary/aromatic N) is 4. The molecule has 37 heavy (non-hydrogen) atoms. The van der Waals surface area contributed by atoms with Crippen molar-refractivity contribution in [3.8, 4) is 11.5 Å². The molecule has 0 saturated carbocycles. The van der Waals surface area contributed by atoms with Gasteiger partial charge in [-0.3, -0.25) is 15.2 Å². The first-order chi connectivity index (χ1) is 17.9. The van der Waals surface area contributed by atoms with Crippen LogP contribution in [0, 0.1) is 5.41 Å². The van der Waals surface area contributed by atoms with Gasteiger partial charge in [-0.05, 0) is 66.7 Å². The van der Waals surface area contributed by atoms with E-state index in [-0.39, 0.29) is 34.5 Å². The Hall–Kier alpha value is -4.28. The van der Waals surface area contributed by atoms with Gasteiger partial charge in [0.05, 0.1) is 22.8 Å². The number of nitrogens with one attached hydrogen (secondary N) is 1. The van der Waals surface area contributed by atoms with Crippen LogP contribution in [-0.4, -0.2) is 44.5 Å². The maximum absolute atomic E-state index is 12.8. The number of amidine groups is 2. The summed E-state index contributed by atoms with van der Waals surface area (Å²) in [7, 11) is 0. The van der Waals surface area contributed by atoms with Crippen LogP contribution in [0.5, 0.6) is 11.5 Å². The number of rotatable bonds is 6. The number of benzene rings is 2. The van der Waals surface area contributed by atoms with Crippen LogP contribution < -0.4 is 9.47 Å². The first-order valence-corrected chi connectivity index (χ1v) is 12.3. The van der Waals surface area contributed by atoms with Crippen molar-refractivity contribution in [2.45, 2.75) is 6.92 Å². The van der Waals surface area contributed by atoms with Gasteiger partial charge in [-0.1, -0.05) is 29.8 Å². The third-order valence-electron chi connectivity index (χ3n) is 5.21. The van der Waals surface area contributed by atoms with Gasteiger partial charge in [0.1, 0.15) is 5.04 Å². The Bertz CT molecular complexity index is 1510. The summed E-state index contributed by atoms with van der Waals surface area (Å²) in [5.41, 5.74) is 1.59. The molecule has 1 aromatic heterocycles. The smallest absolute Gasteiger partial charge is 0.343 e. The first kappa shape index (κ1) is 24.4. The molecule has 0 spiro atoms. The van der Waals surface area contributed by atoms with Gasteiger partial charge in [-0.25, -0.2) is 4.79 Å². The fourth-order valence-electron chi connectivity index (χ4n) is 3.52. The highest BCUT2D eigenvalue weighted by molar-refractivity contribution is 8.27. The van der Waals surface area contributed by atoms with Crippen LogP contribution in [0.4, 0.5) is 0 Å². The summed E-state index contributed by atoms with van der Waals surface area (Å²) in [6.07, 6.45) is 4.78. The average molecular weight is 532 g/mol. The molecule has 0 atom stereocenters. The molecule has 0 saturated heterocycles. The van der Waals surface area contributed by atoms with E-state index in [1.807, 2.05) is 6.07 Å². The van der Waals surface area contributed by atoms with Gasteiger partial charge < -0.3 is 9.47 Å². The predicted molar refractivity (Wildman–Crippen MR) is 142 cm³/mol. The number of hydrazone groups is 1. The number of carbonyl (C=O) groups excluding carboxylic acids is 2. The topological polar surface area (TPSA) is 117 Å². The molecule has 0 radical (unpaired) electrons. The lowest BCUT2D eigenvalue weighted by Gasteiger charge is -2.20. The zero-order valence-corrected chi connectivity index (χ0v) is 20.9. The third-order valence-corrected chi connectivity index (χ3v) is 6.45. The molecular formula is C26H18ClN5O4S. The standard InChI is InChI=1S/C26H18ClN5O4S/c1-2-35-20-13-15(12-19(27)21(20)36-25(34)16-7-4-3-5-8-16)11-18-22(28)32-26(30-23(18)33)37-24(31-32)17-9-6-10-29-14-17/h3-14,28H,2H2,1H3/b18-11-,28-22?. The quantitative estimate of drug-likeness (QED) is 0.269. The molecule has 3 heterocycles. The van der Waals surface area contributed by atoms with E-state index in [2.05, 4.69) is 15.1 Å². The summed E-state index contributed by atoms with van der Waals surface area (Å²) in [5, 5.41) is 15.3. The zero-order chi connectivity index (χ0) is 25.9. The molecule has 2 aliphatic heterocycles. The highest BCUT2D eigenvalue weighted by atomic mass is 35.5.